The number of alkyl halides is 1. The maximum absolute atomic E-state index is 14.2. The minimum atomic E-state index is -1.33. The van der Waals surface area contributed by atoms with Gasteiger partial charge in [-0.1, -0.05) is 15.9 Å². The van der Waals surface area contributed by atoms with E-state index in [4.69, 9.17) is 10.5 Å². The molecular formula is C18H18BrF2N3O4. The van der Waals surface area contributed by atoms with Crippen LogP contribution in [0.25, 0.3) is 0 Å². The Kier molecular flexibility index (Phi) is 6.23. The van der Waals surface area contributed by atoms with E-state index in [1.165, 1.54) is 12.1 Å². The molecule has 1 amide bonds. The zero-order chi connectivity index (χ0) is 21.2. The summed E-state index contributed by atoms with van der Waals surface area (Å²) in [5, 5.41) is 2.56. The van der Waals surface area contributed by atoms with Crippen molar-refractivity contribution in [2.45, 2.75) is 33.0 Å². The van der Waals surface area contributed by atoms with Gasteiger partial charge >= 0.3 is 12.0 Å². The number of nitrogens with one attached hydrogen (secondary N) is 1. The van der Waals surface area contributed by atoms with Gasteiger partial charge in [0.15, 0.2) is 0 Å². The lowest BCUT2D eigenvalue weighted by Gasteiger charge is -2.22. The number of nitrogens with two attached hydrogens (primary N) is 1. The normalized spacial score (nSPS) is 11.2. The molecule has 0 radical (unpaired) electrons. The number of amides is 1. The average Bonchev–Trinajstić information content (AvgIpc) is 2.55. The van der Waals surface area contributed by atoms with Crippen LogP contribution >= 0.6 is 15.9 Å². The lowest BCUT2D eigenvalue weighted by molar-refractivity contribution is 0.00699. The van der Waals surface area contributed by atoms with Crippen molar-refractivity contribution in [3.63, 3.8) is 0 Å². The quantitative estimate of drug-likeness (QED) is 0.678. The SMILES string of the molecule is CC(C)(C)OC(=O)c1cn(C(N)=O)c(=O)c(CF)c1Nc1ccc(Br)cc1F. The maximum Gasteiger partial charge on any atom is 0.342 e. The lowest BCUT2D eigenvalue weighted by Crippen LogP contribution is -2.35. The highest BCUT2D eigenvalue weighted by Crippen LogP contribution is 2.29. The zero-order valence-corrected chi connectivity index (χ0v) is 16.9. The number of carbonyl (C=O) groups excluding carboxylic acids is 2. The van der Waals surface area contributed by atoms with Crippen LogP contribution < -0.4 is 16.6 Å². The Morgan fingerprint density at radius 1 is 1.32 bits per heavy atom. The fourth-order valence-electron chi connectivity index (χ4n) is 2.31. The molecule has 0 fully saturated rings. The van der Waals surface area contributed by atoms with Crippen LogP contribution in [0.3, 0.4) is 0 Å². The first kappa shape index (κ1) is 21.5. The molecule has 0 saturated carbocycles. The van der Waals surface area contributed by atoms with E-state index < -0.39 is 41.2 Å². The molecule has 0 aliphatic carbocycles. The van der Waals surface area contributed by atoms with Gasteiger partial charge in [0.1, 0.15) is 23.7 Å². The average molecular weight is 458 g/mol. The third kappa shape index (κ3) is 4.75. The topological polar surface area (TPSA) is 103 Å². The standard InChI is InChI=1S/C18H18BrF2N3O4/c1-18(2,3)28-16(26)11-8-24(17(22)27)15(25)10(7-20)14(11)23-13-5-4-9(19)6-12(13)21/h4-6,8,23H,7H2,1-3H3,(H2,22,27). The van der Waals surface area contributed by atoms with Crippen LogP contribution in [0.1, 0.15) is 36.7 Å². The molecular weight excluding hydrogens is 440 g/mol. The first-order valence-electron chi connectivity index (χ1n) is 8.04. The molecule has 3 N–H and O–H groups in total. The second kappa shape index (κ2) is 8.09. The van der Waals surface area contributed by atoms with E-state index >= 15 is 0 Å². The fourth-order valence-corrected chi connectivity index (χ4v) is 2.64. The third-order valence-electron chi connectivity index (χ3n) is 3.49. The molecule has 1 heterocycles. The molecule has 2 rings (SSSR count). The Morgan fingerprint density at radius 3 is 2.46 bits per heavy atom. The number of esters is 1. The Labute approximate surface area is 167 Å². The van der Waals surface area contributed by atoms with E-state index in [9.17, 15) is 23.2 Å². The predicted molar refractivity (Wildman–Crippen MR) is 103 cm³/mol. The van der Waals surface area contributed by atoms with E-state index in [-0.39, 0.29) is 16.9 Å². The smallest absolute Gasteiger partial charge is 0.342 e. The van der Waals surface area contributed by atoms with E-state index in [1.807, 2.05) is 0 Å². The molecule has 1 aromatic carbocycles. The van der Waals surface area contributed by atoms with Gasteiger partial charge < -0.3 is 15.8 Å². The molecule has 1 aromatic heterocycles. The van der Waals surface area contributed by atoms with E-state index in [0.717, 1.165) is 12.3 Å². The number of rotatable bonds is 4. The summed E-state index contributed by atoms with van der Waals surface area (Å²) < 4.78 is 34.0. The number of anilines is 2. The second-order valence-corrected chi connectivity index (χ2v) is 7.71. The van der Waals surface area contributed by atoms with Crippen LogP contribution in [-0.4, -0.2) is 22.2 Å². The monoisotopic (exact) mass is 457 g/mol. The van der Waals surface area contributed by atoms with Gasteiger partial charge in [0.25, 0.3) is 5.56 Å². The Hall–Kier alpha value is -2.75. The van der Waals surface area contributed by atoms with Crippen molar-refractivity contribution >= 4 is 39.3 Å². The van der Waals surface area contributed by atoms with E-state index in [1.54, 1.807) is 20.8 Å². The third-order valence-corrected chi connectivity index (χ3v) is 3.98. The number of hydrogen-bond donors (Lipinski definition) is 2. The molecule has 0 spiro atoms. The number of halogens is 3. The number of carbonyl (C=O) groups is 2. The van der Waals surface area contributed by atoms with E-state index in [2.05, 4.69) is 21.2 Å². The number of ether oxygens (including phenoxy) is 1. The molecule has 10 heteroatoms. The Balaban J connectivity index is 2.73. The molecule has 0 aliphatic rings. The molecule has 7 nitrogen and oxygen atoms in total. The largest absolute Gasteiger partial charge is 0.456 e. The van der Waals surface area contributed by atoms with Gasteiger partial charge in [-0.05, 0) is 39.0 Å². The van der Waals surface area contributed by atoms with Crippen molar-refractivity contribution in [2.24, 2.45) is 5.73 Å². The molecule has 0 saturated heterocycles. The van der Waals surface area contributed by atoms with Gasteiger partial charge in [0, 0.05) is 10.7 Å². The number of nitrogens with zero attached hydrogens (tertiary/aromatic N) is 1. The first-order chi connectivity index (χ1) is 12.9. The number of hydrogen-bond acceptors (Lipinski definition) is 5. The lowest BCUT2D eigenvalue weighted by atomic mass is 10.1. The number of aromatic nitrogens is 1. The first-order valence-corrected chi connectivity index (χ1v) is 8.83. The maximum atomic E-state index is 14.2. The summed E-state index contributed by atoms with van der Waals surface area (Å²) in [5.74, 6) is -1.66. The summed E-state index contributed by atoms with van der Waals surface area (Å²) in [4.78, 5) is 36.5. The summed E-state index contributed by atoms with van der Waals surface area (Å²) in [6.07, 6.45) is 0.844. The fraction of sp³-hybridized carbons (Fsp3) is 0.278. The van der Waals surface area contributed by atoms with Gasteiger partial charge in [-0.2, -0.15) is 0 Å². The predicted octanol–water partition coefficient (Wildman–Crippen LogP) is 3.85. The van der Waals surface area contributed by atoms with Gasteiger partial charge in [-0.25, -0.2) is 22.9 Å². The highest BCUT2D eigenvalue weighted by molar-refractivity contribution is 9.10. The molecule has 0 unspecified atom stereocenters. The zero-order valence-electron chi connectivity index (χ0n) is 15.3. The minimum Gasteiger partial charge on any atom is -0.456 e. The van der Waals surface area contributed by atoms with Gasteiger partial charge in [0.2, 0.25) is 0 Å². The van der Waals surface area contributed by atoms with Gasteiger partial charge in [-0.3, -0.25) is 4.79 Å². The molecule has 28 heavy (non-hydrogen) atoms. The highest BCUT2D eigenvalue weighted by atomic mass is 79.9. The highest BCUT2D eigenvalue weighted by Gasteiger charge is 2.26. The van der Waals surface area contributed by atoms with Crippen LogP contribution in [0, 0.1) is 5.82 Å². The molecule has 0 aliphatic heterocycles. The van der Waals surface area contributed by atoms with Crippen molar-refractivity contribution in [2.75, 3.05) is 5.32 Å². The van der Waals surface area contributed by atoms with Crippen molar-refractivity contribution in [3.8, 4) is 0 Å². The summed E-state index contributed by atoms with van der Waals surface area (Å²) in [5.41, 5.74) is 1.83. The van der Waals surface area contributed by atoms with Gasteiger partial charge in [-0.15, -0.1) is 0 Å². The summed E-state index contributed by atoms with van der Waals surface area (Å²) in [6.45, 7) is 3.48. The summed E-state index contributed by atoms with van der Waals surface area (Å²) in [7, 11) is 0. The van der Waals surface area contributed by atoms with Crippen LogP contribution in [0.5, 0.6) is 0 Å². The number of benzene rings is 1. The van der Waals surface area contributed by atoms with Crippen molar-refractivity contribution < 1.29 is 23.1 Å². The Morgan fingerprint density at radius 2 is 1.96 bits per heavy atom. The van der Waals surface area contributed by atoms with Crippen LogP contribution in [0.4, 0.5) is 25.0 Å². The van der Waals surface area contributed by atoms with Crippen LogP contribution in [0.15, 0.2) is 33.7 Å². The van der Waals surface area contributed by atoms with Crippen LogP contribution in [0.2, 0.25) is 0 Å². The van der Waals surface area contributed by atoms with Crippen molar-refractivity contribution in [1.82, 2.24) is 4.57 Å². The van der Waals surface area contributed by atoms with Crippen molar-refractivity contribution in [1.29, 1.82) is 0 Å². The minimum absolute atomic E-state index is 0.112. The molecule has 150 valence electrons. The number of pyridine rings is 1. The molecule has 2 aromatic rings. The van der Waals surface area contributed by atoms with Crippen molar-refractivity contribution in [3.05, 3.63) is 56.2 Å². The summed E-state index contributed by atoms with van der Waals surface area (Å²) in [6, 6.07) is 2.79. The molecule has 0 bridgehead atoms. The van der Waals surface area contributed by atoms with Crippen LogP contribution in [-0.2, 0) is 11.4 Å². The second-order valence-electron chi connectivity index (χ2n) is 6.79. The number of primary amides is 1. The van der Waals surface area contributed by atoms with E-state index in [0.29, 0.717) is 9.04 Å². The Bertz CT molecular complexity index is 1000. The van der Waals surface area contributed by atoms with Gasteiger partial charge in [0.05, 0.1) is 16.9 Å². The summed E-state index contributed by atoms with van der Waals surface area (Å²) >= 11 is 3.11. The molecule has 0 atom stereocenters.